The molecule has 3 aromatic rings. The number of hydrogen-bond acceptors (Lipinski definition) is 3. The van der Waals surface area contributed by atoms with E-state index in [0.29, 0.717) is 13.2 Å². The number of fused-ring (bicyclic) bond motifs is 1. The van der Waals surface area contributed by atoms with Gasteiger partial charge in [-0.1, -0.05) is 48.5 Å². The Labute approximate surface area is 130 Å². The Hall–Kier alpha value is -2.68. The predicted octanol–water partition coefficient (Wildman–Crippen LogP) is 4.34. The van der Waals surface area contributed by atoms with Gasteiger partial charge in [0.25, 0.3) is 0 Å². The van der Waals surface area contributed by atoms with Crippen LogP contribution in [0.15, 0.2) is 66.7 Å². The molecule has 3 nitrogen and oxygen atoms in total. The smallest absolute Gasteiger partial charge is 0.141 e. The van der Waals surface area contributed by atoms with E-state index < -0.39 is 0 Å². The van der Waals surface area contributed by atoms with E-state index in [9.17, 15) is 0 Å². The lowest BCUT2D eigenvalue weighted by molar-refractivity contribution is 0.336. The summed E-state index contributed by atoms with van der Waals surface area (Å²) in [5.74, 6) is 1.76. The van der Waals surface area contributed by atoms with E-state index in [4.69, 9.17) is 9.47 Å². The van der Waals surface area contributed by atoms with Gasteiger partial charge in [-0.15, -0.1) is 0 Å². The van der Waals surface area contributed by atoms with Crippen molar-refractivity contribution in [3.05, 3.63) is 66.7 Å². The molecule has 0 saturated heterocycles. The molecular formula is C19H19NO2. The molecule has 0 aliphatic rings. The van der Waals surface area contributed by atoms with Gasteiger partial charge in [0.05, 0.1) is 12.8 Å². The summed E-state index contributed by atoms with van der Waals surface area (Å²) >= 11 is 0. The zero-order valence-electron chi connectivity index (χ0n) is 12.6. The number of methoxy groups -OCH3 is 1. The summed E-state index contributed by atoms with van der Waals surface area (Å²) in [7, 11) is 1.67. The van der Waals surface area contributed by atoms with E-state index in [0.717, 1.165) is 22.6 Å². The Morgan fingerprint density at radius 1 is 0.818 bits per heavy atom. The Morgan fingerprint density at radius 2 is 1.55 bits per heavy atom. The van der Waals surface area contributed by atoms with Crippen molar-refractivity contribution >= 4 is 16.5 Å². The third kappa shape index (κ3) is 3.14. The second-order valence-corrected chi connectivity index (χ2v) is 4.95. The van der Waals surface area contributed by atoms with E-state index in [2.05, 4.69) is 23.5 Å². The Balaban J connectivity index is 1.61. The standard InChI is InChI=1S/C19H19NO2/c1-21-19-11-5-4-10-17(19)20-13-14-22-18-12-6-8-15-7-2-3-9-16(15)18/h2-12,20H,13-14H2,1H3. The van der Waals surface area contributed by atoms with E-state index in [-0.39, 0.29) is 0 Å². The Kier molecular flexibility index (Phi) is 4.44. The number of rotatable bonds is 6. The second kappa shape index (κ2) is 6.85. The van der Waals surface area contributed by atoms with Crippen LogP contribution < -0.4 is 14.8 Å². The number of nitrogens with one attached hydrogen (secondary N) is 1. The molecule has 1 N–H and O–H groups in total. The van der Waals surface area contributed by atoms with Gasteiger partial charge in [-0.3, -0.25) is 0 Å². The summed E-state index contributed by atoms with van der Waals surface area (Å²) in [6.45, 7) is 1.30. The average Bonchev–Trinajstić information content (AvgIpc) is 2.59. The minimum atomic E-state index is 0.589. The molecule has 0 bridgehead atoms. The average molecular weight is 293 g/mol. The van der Waals surface area contributed by atoms with Gasteiger partial charge in [0.2, 0.25) is 0 Å². The largest absolute Gasteiger partial charge is 0.495 e. The Morgan fingerprint density at radius 3 is 2.45 bits per heavy atom. The molecule has 112 valence electrons. The minimum absolute atomic E-state index is 0.589. The van der Waals surface area contributed by atoms with Gasteiger partial charge in [0.1, 0.15) is 18.1 Å². The molecule has 0 spiro atoms. The number of ether oxygens (including phenoxy) is 2. The Bertz CT molecular complexity index is 750. The van der Waals surface area contributed by atoms with Gasteiger partial charge in [0.15, 0.2) is 0 Å². The fourth-order valence-electron chi connectivity index (χ4n) is 2.46. The number of benzene rings is 3. The van der Waals surface area contributed by atoms with Crippen LogP contribution in [0.4, 0.5) is 5.69 Å². The minimum Gasteiger partial charge on any atom is -0.495 e. The van der Waals surface area contributed by atoms with E-state index >= 15 is 0 Å². The van der Waals surface area contributed by atoms with Crippen LogP contribution in [-0.4, -0.2) is 20.3 Å². The highest BCUT2D eigenvalue weighted by molar-refractivity contribution is 5.88. The maximum absolute atomic E-state index is 5.91. The lowest BCUT2D eigenvalue weighted by atomic mass is 10.1. The van der Waals surface area contributed by atoms with Gasteiger partial charge in [-0.2, -0.15) is 0 Å². The molecule has 0 aliphatic heterocycles. The molecule has 3 heteroatoms. The molecule has 0 heterocycles. The molecule has 22 heavy (non-hydrogen) atoms. The third-order valence-electron chi connectivity index (χ3n) is 3.53. The molecule has 0 saturated carbocycles. The zero-order chi connectivity index (χ0) is 15.2. The van der Waals surface area contributed by atoms with Crippen molar-refractivity contribution in [1.82, 2.24) is 0 Å². The molecule has 3 aromatic carbocycles. The van der Waals surface area contributed by atoms with Gasteiger partial charge in [-0.25, -0.2) is 0 Å². The van der Waals surface area contributed by atoms with Gasteiger partial charge < -0.3 is 14.8 Å². The molecule has 0 aliphatic carbocycles. The monoisotopic (exact) mass is 293 g/mol. The molecule has 0 amide bonds. The van der Waals surface area contributed by atoms with E-state index in [1.54, 1.807) is 7.11 Å². The number of anilines is 1. The molecule has 0 aromatic heterocycles. The maximum atomic E-state index is 5.91. The SMILES string of the molecule is COc1ccccc1NCCOc1cccc2ccccc12. The molecule has 0 atom stereocenters. The van der Waals surface area contributed by atoms with E-state index in [1.165, 1.54) is 5.39 Å². The van der Waals surface area contributed by atoms with Crippen LogP contribution in [0.3, 0.4) is 0 Å². The van der Waals surface area contributed by atoms with Crippen molar-refractivity contribution in [3.63, 3.8) is 0 Å². The van der Waals surface area contributed by atoms with Crippen molar-refractivity contribution in [1.29, 1.82) is 0 Å². The summed E-state index contributed by atoms with van der Waals surface area (Å²) in [6.07, 6.45) is 0. The summed E-state index contributed by atoms with van der Waals surface area (Å²) in [5, 5.41) is 5.67. The quantitative estimate of drug-likeness (QED) is 0.686. The van der Waals surface area contributed by atoms with Gasteiger partial charge in [0, 0.05) is 11.9 Å². The summed E-state index contributed by atoms with van der Waals surface area (Å²) in [6, 6.07) is 22.2. The molecule has 0 fully saturated rings. The van der Waals surface area contributed by atoms with Crippen LogP contribution in [0.2, 0.25) is 0 Å². The van der Waals surface area contributed by atoms with Crippen molar-refractivity contribution < 1.29 is 9.47 Å². The predicted molar refractivity (Wildman–Crippen MR) is 90.9 cm³/mol. The highest BCUT2D eigenvalue weighted by atomic mass is 16.5. The zero-order valence-corrected chi connectivity index (χ0v) is 12.6. The van der Waals surface area contributed by atoms with Gasteiger partial charge in [-0.05, 0) is 23.6 Å². The van der Waals surface area contributed by atoms with Crippen molar-refractivity contribution in [3.8, 4) is 11.5 Å². The highest BCUT2D eigenvalue weighted by Crippen LogP contribution is 2.25. The van der Waals surface area contributed by atoms with Crippen molar-refractivity contribution in [2.75, 3.05) is 25.6 Å². The number of hydrogen-bond donors (Lipinski definition) is 1. The van der Waals surface area contributed by atoms with Crippen molar-refractivity contribution in [2.24, 2.45) is 0 Å². The maximum Gasteiger partial charge on any atom is 0.141 e. The fraction of sp³-hybridized carbons (Fsp3) is 0.158. The van der Waals surface area contributed by atoms with Crippen molar-refractivity contribution in [2.45, 2.75) is 0 Å². The normalized spacial score (nSPS) is 10.4. The number of para-hydroxylation sites is 2. The highest BCUT2D eigenvalue weighted by Gasteiger charge is 2.02. The third-order valence-corrected chi connectivity index (χ3v) is 3.53. The summed E-state index contributed by atoms with van der Waals surface area (Å²) < 4.78 is 11.2. The molecular weight excluding hydrogens is 274 g/mol. The first-order valence-corrected chi connectivity index (χ1v) is 7.36. The van der Waals surface area contributed by atoms with Crippen LogP contribution in [0, 0.1) is 0 Å². The summed E-state index contributed by atoms with van der Waals surface area (Å²) in [5.41, 5.74) is 0.978. The first kappa shape index (κ1) is 14.3. The fourth-order valence-corrected chi connectivity index (χ4v) is 2.46. The van der Waals surface area contributed by atoms with E-state index in [1.807, 2.05) is 48.5 Å². The first-order chi connectivity index (χ1) is 10.9. The molecule has 3 rings (SSSR count). The first-order valence-electron chi connectivity index (χ1n) is 7.36. The van der Waals surface area contributed by atoms with Crippen LogP contribution in [0.25, 0.3) is 10.8 Å². The lowest BCUT2D eigenvalue weighted by Gasteiger charge is -2.12. The van der Waals surface area contributed by atoms with Gasteiger partial charge >= 0.3 is 0 Å². The van der Waals surface area contributed by atoms with Crippen LogP contribution >= 0.6 is 0 Å². The topological polar surface area (TPSA) is 30.5 Å². The molecule has 0 unspecified atom stereocenters. The van der Waals surface area contributed by atoms with Crippen LogP contribution in [0.1, 0.15) is 0 Å². The van der Waals surface area contributed by atoms with Crippen LogP contribution in [-0.2, 0) is 0 Å². The second-order valence-electron chi connectivity index (χ2n) is 4.95. The lowest BCUT2D eigenvalue weighted by Crippen LogP contribution is -2.12. The summed E-state index contributed by atoms with van der Waals surface area (Å²) in [4.78, 5) is 0. The molecule has 0 radical (unpaired) electrons. The van der Waals surface area contributed by atoms with Crippen LogP contribution in [0.5, 0.6) is 11.5 Å².